The van der Waals surface area contributed by atoms with Crippen LogP contribution < -0.4 is 4.74 Å². The van der Waals surface area contributed by atoms with Crippen LogP contribution in [0.15, 0.2) is 134 Å². The summed E-state index contributed by atoms with van der Waals surface area (Å²) < 4.78 is 5.14. The van der Waals surface area contributed by atoms with Crippen LogP contribution in [0.5, 0.6) is 5.75 Å². The molecule has 0 aliphatic heterocycles. The van der Waals surface area contributed by atoms with Crippen LogP contribution >= 0.6 is 0 Å². The summed E-state index contributed by atoms with van der Waals surface area (Å²) in [6, 6.07) is 30.5. The van der Waals surface area contributed by atoms with Crippen molar-refractivity contribution in [2.75, 3.05) is 0 Å². The number of rotatable bonds is 5. The van der Waals surface area contributed by atoms with Crippen molar-refractivity contribution < 1.29 is 9.53 Å². The first-order valence-corrected chi connectivity index (χ1v) is 27.6. The minimum Gasteiger partial charge on any atom is -0.427 e. The molecule has 2 nitrogen and oxygen atoms in total. The second kappa shape index (κ2) is 17.2. The summed E-state index contributed by atoms with van der Waals surface area (Å²) in [6.07, 6.45) is 39.2. The van der Waals surface area contributed by atoms with Crippen LogP contribution in [0.3, 0.4) is 0 Å². The van der Waals surface area contributed by atoms with E-state index in [1.54, 1.807) is 36.8 Å². The number of ether oxygens (including phenoxy) is 1. The molecule has 67 heavy (non-hydrogen) atoms. The number of benzene rings is 3. The van der Waals surface area contributed by atoms with Crippen LogP contribution in [-0.4, -0.2) is 5.97 Å². The number of allylic oxidation sites excluding steroid dienone is 8. The average Bonchev–Trinajstić information content (AvgIpc) is 4.20. The largest absolute Gasteiger partial charge is 0.427 e. The molecule has 23 atom stereocenters. The fourth-order valence-electron chi connectivity index (χ4n) is 20.5. The van der Waals surface area contributed by atoms with Crippen molar-refractivity contribution in [1.29, 1.82) is 0 Å². The van der Waals surface area contributed by atoms with Gasteiger partial charge in [-0.2, -0.15) is 0 Å². The van der Waals surface area contributed by atoms with Gasteiger partial charge >= 0.3 is 5.97 Å². The van der Waals surface area contributed by atoms with Crippen LogP contribution in [-0.2, 0) is 11.2 Å². The van der Waals surface area contributed by atoms with Gasteiger partial charge in [0, 0.05) is 6.92 Å². The third kappa shape index (κ3) is 7.31. The van der Waals surface area contributed by atoms with E-state index >= 15 is 0 Å². The van der Waals surface area contributed by atoms with Crippen molar-refractivity contribution in [2.24, 2.45) is 124 Å². The highest BCUT2D eigenvalue weighted by atomic mass is 16.5. The molecule has 3 aromatic rings. The highest BCUT2D eigenvalue weighted by molar-refractivity contribution is 5.69. The topological polar surface area (TPSA) is 26.3 Å². The Morgan fingerprint density at radius 1 is 0.463 bits per heavy atom. The second-order valence-electron chi connectivity index (χ2n) is 25.0. The monoisotopic (exact) mass is 891 g/mol. The molecule has 14 aliphatic carbocycles. The Bertz CT molecular complexity index is 2380. The molecular weight excluding hydrogens is 813 g/mol. The molecule has 10 fully saturated rings. The van der Waals surface area contributed by atoms with Crippen molar-refractivity contribution in [1.82, 2.24) is 0 Å². The molecule has 23 unspecified atom stereocenters. The van der Waals surface area contributed by atoms with Gasteiger partial charge in [-0.3, -0.25) is 4.79 Å². The number of hydrogen-bond donors (Lipinski definition) is 0. The van der Waals surface area contributed by atoms with Crippen molar-refractivity contribution >= 4 is 5.97 Å². The Morgan fingerprint density at radius 3 is 1.60 bits per heavy atom. The van der Waals surface area contributed by atoms with Gasteiger partial charge < -0.3 is 4.74 Å². The molecule has 17 rings (SSSR count). The van der Waals surface area contributed by atoms with Crippen LogP contribution in [0, 0.1) is 124 Å². The fraction of sp³-hybridized carbons (Fsp3) is 0.585. The van der Waals surface area contributed by atoms with Gasteiger partial charge in [0.15, 0.2) is 0 Å². The first-order chi connectivity index (χ1) is 32.5. The summed E-state index contributed by atoms with van der Waals surface area (Å²) >= 11 is 0. The van der Waals surface area contributed by atoms with E-state index in [0.29, 0.717) is 17.6 Å². The van der Waals surface area contributed by atoms with Gasteiger partial charge in [0.1, 0.15) is 5.75 Å². The zero-order valence-corrected chi connectivity index (χ0v) is 39.5. The lowest BCUT2D eigenvalue weighted by Gasteiger charge is -2.37. The van der Waals surface area contributed by atoms with Gasteiger partial charge in [-0.15, -0.1) is 0 Å². The smallest absolute Gasteiger partial charge is 0.308 e. The number of esters is 1. The van der Waals surface area contributed by atoms with Gasteiger partial charge in [0.2, 0.25) is 0 Å². The highest BCUT2D eigenvalue weighted by Gasteiger charge is 2.62. The van der Waals surface area contributed by atoms with E-state index in [9.17, 15) is 4.79 Å². The van der Waals surface area contributed by atoms with Gasteiger partial charge in [0.25, 0.3) is 0 Å². The Balaban J connectivity index is 0.0000000892. The number of fused-ring (bicyclic) bond motifs is 29. The maximum atomic E-state index is 10.9. The fourth-order valence-corrected chi connectivity index (χ4v) is 20.5. The third-order valence-electron chi connectivity index (χ3n) is 22.3. The lowest BCUT2D eigenvalue weighted by molar-refractivity contribution is -0.131. The van der Waals surface area contributed by atoms with Gasteiger partial charge in [-0.25, -0.2) is 0 Å². The molecular formula is C65H78O2. The molecule has 0 aromatic heterocycles. The van der Waals surface area contributed by atoms with E-state index in [2.05, 4.69) is 115 Å². The summed E-state index contributed by atoms with van der Waals surface area (Å²) in [7, 11) is 0. The second-order valence-corrected chi connectivity index (χ2v) is 25.0. The summed E-state index contributed by atoms with van der Waals surface area (Å²) in [5.41, 5.74) is 4.49. The van der Waals surface area contributed by atoms with E-state index in [0.717, 1.165) is 124 Å². The molecule has 10 saturated carbocycles. The predicted octanol–water partition coefficient (Wildman–Crippen LogP) is 15.4. The zero-order valence-electron chi connectivity index (χ0n) is 39.5. The highest BCUT2D eigenvalue weighted by Crippen LogP contribution is 2.70. The molecule has 0 amide bonds. The minimum absolute atomic E-state index is 0. The predicted molar refractivity (Wildman–Crippen MR) is 272 cm³/mol. The van der Waals surface area contributed by atoms with E-state index in [1.807, 2.05) is 18.2 Å². The molecule has 0 spiro atoms. The van der Waals surface area contributed by atoms with Crippen LogP contribution in [0.4, 0.5) is 0 Å². The Labute approximate surface area is 403 Å². The van der Waals surface area contributed by atoms with Crippen LogP contribution in [0.1, 0.15) is 120 Å². The van der Waals surface area contributed by atoms with E-state index < -0.39 is 0 Å². The van der Waals surface area contributed by atoms with Gasteiger partial charge in [-0.05, 0) is 248 Å². The number of carbonyl (C=O) groups excluding carboxylic acids is 1. The summed E-state index contributed by atoms with van der Waals surface area (Å²) in [5, 5.41) is 0. The van der Waals surface area contributed by atoms with Crippen molar-refractivity contribution in [3.63, 3.8) is 0 Å². The minimum atomic E-state index is -0.255. The van der Waals surface area contributed by atoms with Crippen molar-refractivity contribution in [3.8, 4) is 5.75 Å². The molecule has 0 saturated heterocycles. The van der Waals surface area contributed by atoms with Crippen LogP contribution in [0.25, 0.3) is 0 Å². The SMILES string of the molecule is C.C1=CC2CC1C1C3CC(Cc4ccccc4)C(C3)C21.C1=CC2CC1C1C3CC(c4ccccc4)C(C3)C21.C1=CC2CC1C1C3CCC(C3)C21.CC(=O)Oc1cccc(C2CC3C=CC2C3)c1. The first kappa shape index (κ1) is 43.1. The summed E-state index contributed by atoms with van der Waals surface area (Å²) in [5.74, 6) is 23.3. The van der Waals surface area contributed by atoms with Crippen molar-refractivity contribution in [3.05, 3.63) is 150 Å². The lowest BCUT2D eigenvalue weighted by Crippen LogP contribution is -2.31. The van der Waals surface area contributed by atoms with Gasteiger partial charge in [-0.1, -0.05) is 129 Å². The van der Waals surface area contributed by atoms with E-state index in [-0.39, 0.29) is 13.4 Å². The normalized spacial score (nSPS) is 46.7. The maximum Gasteiger partial charge on any atom is 0.308 e. The summed E-state index contributed by atoms with van der Waals surface area (Å²) in [4.78, 5) is 10.9. The van der Waals surface area contributed by atoms with E-state index in [1.165, 1.54) is 70.3 Å². The third-order valence-corrected chi connectivity index (χ3v) is 22.3. The quantitative estimate of drug-likeness (QED) is 0.110. The van der Waals surface area contributed by atoms with Gasteiger partial charge in [0.05, 0.1) is 0 Å². The Hall–Kier alpha value is -3.91. The molecule has 14 aliphatic rings. The molecule has 0 N–H and O–H groups in total. The molecule has 350 valence electrons. The number of hydrogen-bond acceptors (Lipinski definition) is 2. The molecule has 3 aromatic carbocycles. The standard InChI is InChI=1S/C19H22.C18H20.C15H16O2.C12H16.CH4/c1-2-4-12(5-3-1)8-15-10-16-11-17(15)19-14-7-6-13(9-14)18(16)19;1-2-4-11(5-3-1)15-9-14-10-16(15)18-13-7-6-12(8-13)17(14)18;1-10(16)17-14-4-2-3-12(9-14)15-8-11-5-6-13(15)7-11;1-2-8-5-7(1)11-9-3-4-10(6-9)12(8)11;/h1-7,13-19H,8-11H2;1-7,12-18H,8-10H2;2-6,9,11,13,15H,7-8H2,1H3;1-2,7-12H,3-6H2;1H4. The lowest BCUT2D eigenvalue weighted by atomic mass is 9.68. The maximum absolute atomic E-state index is 10.9. The molecule has 0 heterocycles. The van der Waals surface area contributed by atoms with Crippen LogP contribution in [0.2, 0.25) is 0 Å². The molecule has 0 radical (unpaired) electrons. The number of carbonyl (C=O) groups is 1. The molecule has 14 bridgehead atoms. The average molecular weight is 891 g/mol. The Morgan fingerprint density at radius 2 is 1.00 bits per heavy atom. The Kier molecular flexibility index (Phi) is 11.1. The molecule has 2 heteroatoms. The summed E-state index contributed by atoms with van der Waals surface area (Å²) in [6.45, 7) is 1.44. The first-order valence-electron chi connectivity index (χ1n) is 27.6. The van der Waals surface area contributed by atoms with Crippen molar-refractivity contribution in [2.45, 2.75) is 110 Å². The van der Waals surface area contributed by atoms with E-state index in [4.69, 9.17) is 4.74 Å². The zero-order chi connectivity index (χ0) is 43.6.